The molecule has 28 heavy (non-hydrogen) atoms. The third kappa shape index (κ3) is 2.35. The molecule has 0 saturated carbocycles. The standard InChI is InChI=1S/C19H16N4O5/c1-8-22-13(10(6-20)19(21)23-8)11-7-28-17-12(14(11)24)15(25-2)9-4-5-27-16(9)18(17)26-3/h4-5,7,10,13H,1-3H3,(H2,21,22,23). The summed E-state index contributed by atoms with van der Waals surface area (Å²) in [7, 11) is 2.90. The van der Waals surface area contributed by atoms with Gasteiger partial charge in [-0.15, -0.1) is 0 Å². The van der Waals surface area contributed by atoms with E-state index in [2.05, 4.69) is 16.1 Å². The molecule has 0 saturated heterocycles. The summed E-state index contributed by atoms with van der Waals surface area (Å²) in [6.07, 6.45) is 2.74. The fourth-order valence-electron chi connectivity index (χ4n) is 3.47. The molecule has 9 heteroatoms. The first-order valence-electron chi connectivity index (χ1n) is 8.36. The van der Waals surface area contributed by atoms with Crippen molar-refractivity contribution in [1.82, 2.24) is 0 Å². The zero-order valence-electron chi connectivity index (χ0n) is 15.3. The molecule has 1 aliphatic rings. The highest BCUT2D eigenvalue weighted by molar-refractivity contribution is 6.07. The molecule has 3 aromatic rings. The molecule has 2 atom stereocenters. The van der Waals surface area contributed by atoms with Gasteiger partial charge in [-0.2, -0.15) is 5.26 Å². The predicted molar refractivity (Wildman–Crippen MR) is 102 cm³/mol. The van der Waals surface area contributed by atoms with Gasteiger partial charge in [-0.3, -0.25) is 9.79 Å². The number of hydrogen-bond acceptors (Lipinski definition) is 9. The van der Waals surface area contributed by atoms with Crippen molar-refractivity contribution in [2.75, 3.05) is 14.2 Å². The molecule has 0 bridgehead atoms. The highest BCUT2D eigenvalue weighted by Gasteiger charge is 2.33. The lowest BCUT2D eigenvalue weighted by molar-refractivity contribution is 0.399. The number of nitriles is 1. The average molecular weight is 380 g/mol. The number of nitrogens with two attached hydrogens (primary N) is 1. The molecule has 2 N–H and O–H groups in total. The second kappa shape index (κ2) is 6.42. The van der Waals surface area contributed by atoms with E-state index in [-0.39, 0.29) is 28.1 Å². The Hall–Kier alpha value is -3.80. The molecule has 1 aliphatic heterocycles. The number of aliphatic imine (C=N–C) groups is 2. The van der Waals surface area contributed by atoms with Gasteiger partial charge in [-0.25, -0.2) is 4.99 Å². The summed E-state index contributed by atoms with van der Waals surface area (Å²) in [5, 5.41) is 10.3. The largest absolute Gasteiger partial charge is 0.495 e. The zero-order valence-corrected chi connectivity index (χ0v) is 15.3. The predicted octanol–water partition coefficient (Wildman–Crippen LogP) is 2.53. The normalized spacial score (nSPS) is 19.2. The van der Waals surface area contributed by atoms with Gasteiger partial charge in [-0.1, -0.05) is 0 Å². The van der Waals surface area contributed by atoms with Crippen LogP contribution in [0.15, 0.2) is 42.2 Å². The maximum absolute atomic E-state index is 13.4. The lowest BCUT2D eigenvalue weighted by Crippen LogP contribution is -2.33. The fourth-order valence-corrected chi connectivity index (χ4v) is 3.47. The van der Waals surface area contributed by atoms with E-state index in [1.165, 1.54) is 26.7 Å². The van der Waals surface area contributed by atoms with Crippen LogP contribution in [-0.4, -0.2) is 25.9 Å². The smallest absolute Gasteiger partial charge is 0.206 e. The topological polar surface area (TPSA) is 136 Å². The number of methoxy groups -OCH3 is 2. The van der Waals surface area contributed by atoms with Crippen LogP contribution in [0.4, 0.5) is 0 Å². The van der Waals surface area contributed by atoms with Crippen molar-refractivity contribution in [1.29, 1.82) is 5.26 Å². The van der Waals surface area contributed by atoms with E-state index in [9.17, 15) is 10.1 Å². The van der Waals surface area contributed by atoms with Crippen LogP contribution in [-0.2, 0) is 0 Å². The Kier molecular flexibility index (Phi) is 4.04. The number of furan rings is 1. The van der Waals surface area contributed by atoms with Gasteiger partial charge in [0.25, 0.3) is 0 Å². The molecule has 3 heterocycles. The van der Waals surface area contributed by atoms with Gasteiger partial charge in [0.1, 0.15) is 41.0 Å². The average Bonchev–Trinajstić information content (AvgIpc) is 3.15. The van der Waals surface area contributed by atoms with Crippen LogP contribution in [0.1, 0.15) is 18.5 Å². The molecule has 142 valence electrons. The summed E-state index contributed by atoms with van der Waals surface area (Å²) >= 11 is 0. The molecular formula is C19H16N4O5. The Morgan fingerprint density at radius 1 is 1.21 bits per heavy atom. The van der Waals surface area contributed by atoms with Crippen molar-refractivity contribution >= 4 is 33.6 Å². The van der Waals surface area contributed by atoms with Crippen molar-refractivity contribution in [3.63, 3.8) is 0 Å². The highest BCUT2D eigenvalue weighted by Crippen LogP contribution is 2.42. The maximum Gasteiger partial charge on any atom is 0.206 e. The van der Waals surface area contributed by atoms with E-state index in [1.807, 2.05) is 0 Å². The van der Waals surface area contributed by atoms with Crippen LogP contribution in [0.2, 0.25) is 0 Å². The second-order valence-corrected chi connectivity index (χ2v) is 6.22. The first kappa shape index (κ1) is 17.6. The Labute approximate surface area is 158 Å². The Morgan fingerprint density at radius 3 is 2.64 bits per heavy atom. The number of benzene rings is 1. The highest BCUT2D eigenvalue weighted by atomic mass is 16.5. The number of amidine groups is 2. The molecule has 0 radical (unpaired) electrons. The van der Waals surface area contributed by atoms with E-state index >= 15 is 0 Å². The third-order valence-electron chi connectivity index (χ3n) is 4.69. The summed E-state index contributed by atoms with van der Waals surface area (Å²) in [6, 6.07) is 2.90. The fraction of sp³-hybridized carbons (Fsp3) is 0.263. The van der Waals surface area contributed by atoms with Gasteiger partial charge >= 0.3 is 0 Å². The number of ether oxygens (including phenoxy) is 2. The monoisotopic (exact) mass is 380 g/mol. The summed E-state index contributed by atoms with van der Waals surface area (Å²) in [5.74, 6) is 0.176. The Bertz CT molecular complexity index is 1260. The number of rotatable bonds is 3. The van der Waals surface area contributed by atoms with Crippen molar-refractivity contribution in [3.05, 3.63) is 34.4 Å². The molecule has 0 fully saturated rings. The minimum atomic E-state index is -0.880. The zero-order chi connectivity index (χ0) is 20.0. The van der Waals surface area contributed by atoms with Crippen LogP contribution in [0.25, 0.3) is 21.9 Å². The van der Waals surface area contributed by atoms with Crippen LogP contribution in [0.5, 0.6) is 11.5 Å². The van der Waals surface area contributed by atoms with Crippen LogP contribution in [0.3, 0.4) is 0 Å². The van der Waals surface area contributed by atoms with Crippen molar-refractivity contribution < 1.29 is 18.3 Å². The first-order valence-corrected chi connectivity index (χ1v) is 8.36. The molecule has 1 aromatic carbocycles. The van der Waals surface area contributed by atoms with Gasteiger partial charge in [-0.05, 0) is 13.0 Å². The molecule has 2 unspecified atom stereocenters. The molecule has 0 amide bonds. The van der Waals surface area contributed by atoms with Crippen molar-refractivity contribution in [2.45, 2.75) is 13.0 Å². The quantitative estimate of drug-likeness (QED) is 0.737. The minimum Gasteiger partial charge on any atom is -0.495 e. The Morgan fingerprint density at radius 2 is 1.96 bits per heavy atom. The van der Waals surface area contributed by atoms with Crippen LogP contribution in [0, 0.1) is 17.2 Å². The lowest BCUT2D eigenvalue weighted by Gasteiger charge is -2.22. The van der Waals surface area contributed by atoms with Crippen molar-refractivity contribution in [2.24, 2.45) is 21.6 Å². The van der Waals surface area contributed by atoms with Crippen molar-refractivity contribution in [3.8, 4) is 17.6 Å². The summed E-state index contributed by atoms with van der Waals surface area (Å²) in [4.78, 5) is 21.8. The number of nitrogens with zero attached hydrogens (tertiary/aromatic N) is 3. The minimum absolute atomic E-state index is 0.106. The van der Waals surface area contributed by atoms with Crippen LogP contribution < -0.4 is 20.6 Å². The SMILES string of the molecule is COc1c2occc2c(OC)c2c(=O)c(C3N=C(C)N=C(N)C3C#N)coc12. The van der Waals surface area contributed by atoms with Gasteiger partial charge in [0, 0.05) is 0 Å². The molecule has 9 nitrogen and oxygen atoms in total. The summed E-state index contributed by atoms with van der Waals surface area (Å²) in [6.45, 7) is 1.65. The first-order chi connectivity index (χ1) is 13.5. The van der Waals surface area contributed by atoms with Gasteiger partial charge in [0.05, 0.1) is 37.5 Å². The van der Waals surface area contributed by atoms with E-state index in [1.54, 1.807) is 13.0 Å². The van der Waals surface area contributed by atoms with Gasteiger partial charge in [0.2, 0.25) is 11.2 Å². The second-order valence-electron chi connectivity index (χ2n) is 6.22. The van der Waals surface area contributed by atoms with Gasteiger partial charge in [0.15, 0.2) is 11.2 Å². The molecule has 0 aliphatic carbocycles. The molecular weight excluding hydrogens is 364 g/mol. The summed E-state index contributed by atoms with van der Waals surface area (Å²) < 4.78 is 22.1. The van der Waals surface area contributed by atoms with Gasteiger partial charge < -0.3 is 24.0 Å². The maximum atomic E-state index is 13.4. The number of hydrogen-bond donors (Lipinski definition) is 1. The van der Waals surface area contributed by atoms with E-state index in [0.717, 1.165) is 0 Å². The Balaban J connectivity index is 2.08. The number of fused-ring (bicyclic) bond motifs is 2. The molecule has 2 aromatic heterocycles. The van der Waals surface area contributed by atoms with E-state index in [0.29, 0.717) is 22.6 Å². The third-order valence-corrected chi connectivity index (χ3v) is 4.69. The van der Waals surface area contributed by atoms with Crippen LogP contribution >= 0.6 is 0 Å². The molecule has 4 rings (SSSR count). The molecule has 0 spiro atoms. The summed E-state index contributed by atoms with van der Waals surface area (Å²) in [5.41, 5.74) is 6.26. The van der Waals surface area contributed by atoms with E-state index < -0.39 is 17.4 Å². The van der Waals surface area contributed by atoms with E-state index in [4.69, 9.17) is 24.0 Å². The lowest BCUT2D eigenvalue weighted by atomic mass is 9.92.